The van der Waals surface area contributed by atoms with Crippen molar-refractivity contribution in [1.82, 2.24) is 4.90 Å². The Morgan fingerprint density at radius 2 is 1.76 bits per heavy atom. The van der Waals surface area contributed by atoms with Gasteiger partial charge in [0.25, 0.3) is 0 Å². The summed E-state index contributed by atoms with van der Waals surface area (Å²) in [6, 6.07) is 11.7. The third-order valence-electron chi connectivity index (χ3n) is 6.59. The van der Waals surface area contributed by atoms with Gasteiger partial charge in [-0.1, -0.05) is 29.3 Å². The number of fused-ring (bicyclic) bond motifs is 1. The molecule has 2 aromatic rings. The Bertz CT molecular complexity index is 982. The van der Waals surface area contributed by atoms with Crippen LogP contribution in [0.25, 0.3) is 0 Å². The van der Waals surface area contributed by atoms with Crippen molar-refractivity contribution >= 4 is 34.8 Å². The number of nitrogens with two attached hydrogens (primary N) is 1. The number of carbonyl (C=O) groups excluding carboxylic acids is 1. The first-order chi connectivity index (χ1) is 16.5. The lowest BCUT2D eigenvalue weighted by atomic mass is 10.1. The van der Waals surface area contributed by atoms with Crippen LogP contribution in [-0.2, 0) is 11.2 Å². The van der Waals surface area contributed by atoms with E-state index in [1.165, 1.54) is 44.5 Å². The Balaban J connectivity index is 0.000000162. The number of halogens is 2. The van der Waals surface area contributed by atoms with E-state index in [0.717, 1.165) is 36.6 Å². The van der Waals surface area contributed by atoms with Gasteiger partial charge in [-0.25, -0.2) is 0 Å². The molecular weight excluding hydrogens is 473 g/mol. The molecule has 0 radical (unpaired) electrons. The fourth-order valence-electron chi connectivity index (χ4n) is 4.71. The van der Waals surface area contributed by atoms with E-state index in [1.54, 1.807) is 12.1 Å². The summed E-state index contributed by atoms with van der Waals surface area (Å²) in [7, 11) is 0. The highest BCUT2D eigenvalue weighted by molar-refractivity contribution is 6.36. The molecule has 0 aromatic heterocycles. The minimum atomic E-state index is -0.243. The summed E-state index contributed by atoms with van der Waals surface area (Å²) in [4.78, 5) is 15.7. The Morgan fingerprint density at radius 3 is 2.47 bits per heavy atom. The lowest BCUT2D eigenvalue weighted by Gasteiger charge is -2.19. The molecule has 0 spiro atoms. The number of primary amides is 1. The molecule has 0 saturated carbocycles. The Morgan fingerprint density at radius 1 is 1.00 bits per heavy atom. The first-order valence-corrected chi connectivity index (χ1v) is 12.9. The lowest BCUT2D eigenvalue weighted by molar-refractivity contribution is -0.121. The van der Waals surface area contributed by atoms with Crippen LogP contribution in [0.5, 0.6) is 11.5 Å². The van der Waals surface area contributed by atoms with Crippen LogP contribution in [0.3, 0.4) is 0 Å². The van der Waals surface area contributed by atoms with Gasteiger partial charge in [-0.05, 0) is 87.6 Å². The highest BCUT2D eigenvalue weighted by atomic mass is 35.5. The van der Waals surface area contributed by atoms with Gasteiger partial charge < -0.3 is 25.0 Å². The molecule has 3 aliphatic rings. The predicted octanol–water partition coefficient (Wildman–Crippen LogP) is 4.79. The maximum atomic E-state index is 11.1. The lowest BCUT2D eigenvalue weighted by Crippen LogP contribution is -2.27. The third-order valence-corrected chi connectivity index (χ3v) is 7.12. The van der Waals surface area contributed by atoms with Crippen molar-refractivity contribution in [1.29, 1.82) is 0 Å². The molecule has 3 heterocycles. The number of anilines is 1. The van der Waals surface area contributed by atoms with Crippen molar-refractivity contribution < 1.29 is 14.3 Å². The first kappa shape index (κ1) is 25.0. The predicted molar refractivity (Wildman–Crippen MR) is 137 cm³/mol. The van der Waals surface area contributed by atoms with E-state index in [4.69, 9.17) is 38.4 Å². The molecule has 2 fully saturated rings. The molecule has 1 atom stereocenters. The van der Waals surface area contributed by atoms with Crippen LogP contribution in [0.4, 0.5) is 5.69 Å². The second kappa shape index (κ2) is 12.0. The van der Waals surface area contributed by atoms with Gasteiger partial charge in [-0.2, -0.15) is 0 Å². The summed E-state index contributed by atoms with van der Waals surface area (Å²) < 4.78 is 11.1. The van der Waals surface area contributed by atoms with E-state index in [0.29, 0.717) is 29.8 Å². The summed E-state index contributed by atoms with van der Waals surface area (Å²) >= 11 is 11.9. The number of hydrogen-bond donors (Lipinski definition) is 1. The van der Waals surface area contributed by atoms with Crippen molar-refractivity contribution in [2.45, 2.75) is 32.1 Å². The molecule has 184 valence electrons. The topological polar surface area (TPSA) is 68.0 Å². The number of hydrogen-bond acceptors (Lipinski definition) is 5. The van der Waals surface area contributed by atoms with Gasteiger partial charge in [0.15, 0.2) is 11.5 Å². The number of nitrogens with zero attached hydrogens (tertiary/aromatic N) is 2. The molecular formula is C26H33Cl2N3O3. The molecule has 2 N–H and O–H groups in total. The van der Waals surface area contributed by atoms with Gasteiger partial charge in [0.1, 0.15) is 13.2 Å². The normalized spacial score (nSPS) is 19.6. The van der Waals surface area contributed by atoms with Crippen LogP contribution in [0, 0.1) is 5.92 Å². The van der Waals surface area contributed by atoms with Crippen LogP contribution in [0.1, 0.15) is 31.2 Å². The van der Waals surface area contributed by atoms with E-state index in [2.05, 4.69) is 21.9 Å². The molecule has 5 rings (SSSR count). The van der Waals surface area contributed by atoms with Gasteiger partial charge in [0.05, 0.1) is 16.6 Å². The fourth-order valence-corrected chi connectivity index (χ4v) is 5.23. The number of rotatable bonds is 6. The fraction of sp³-hybridized carbons (Fsp3) is 0.500. The maximum absolute atomic E-state index is 11.1. The minimum Gasteiger partial charge on any atom is -0.486 e. The molecule has 2 aromatic carbocycles. The van der Waals surface area contributed by atoms with E-state index in [9.17, 15) is 4.79 Å². The average Bonchev–Trinajstić information content (AvgIpc) is 3.52. The minimum absolute atomic E-state index is 0.0771. The molecule has 8 heteroatoms. The van der Waals surface area contributed by atoms with E-state index in [-0.39, 0.29) is 11.8 Å². The van der Waals surface area contributed by atoms with Gasteiger partial charge in [0, 0.05) is 18.1 Å². The number of ether oxygens (including phenoxy) is 2. The maximum Gasteiger partial charge on any atom is 0.222 e. The van der Waals surface area contributed by atoms with Gasteiger partial charge in [0.2, 0.25) is 5.91 Å². The quantitative estimate of drug-likeness (QED) is 0.610. The summed E-state index contributed by atoms with van der Waals surface area (Å²) in [6.45, 7) is 6.59. The zero-order valence-corrected chi connectivity index (χ0v) is 21.0. The Labute approximate surface area is 211 Å². The number of aryl methyl sites for hydroxylation is 1. The molecule has 1 unspecified atom stereocenters. The molecule has 0 aliphatic carbocycles. The standard InChI is InChI=1S/C15H21NO2.C11H12Cl2N2O/c1-2-8-16(7-1)9-3-4-13-5-6-14-15(12-13)18-11-10-17-14;12-8-1-2-10(9(13)5-8)15-4-3-7(6-15)11(14)16/h5-6,12H,1-4,7-11H2;1-2,5,7H,3-4,6H2,(H2,14,16). The smallest absolute Gasteiger partial charge is 0.222 e. The molecule has 2 saturated heterocycles. The van der Waals surface area contributed by atoms with Crippen LogP contribution in [0.2, 0.25) is 10.0 Å². The van der Waals surface area contributed by atoms with Crippen molar-refractivity contribution in [2.75, 3.05) is 50.8 Å². The van der Waals surface area contributed by atoms with Crippen molar-refractivity contribution in [2.24, 2.45) is 11.7 Å². The summed E-state index contributed by atoms with van der Waals surface area (Å²) in [5, 5.41) is 1.22. The molecule has 0 bridgehead atoms. The summed E-state index contributed by atoms with van der Waals surface area (Å²) in [5.74, 6) is 1.49. The number of amides is 1. The number of carbonyl (C=O) groups is 1. The van der Waals surface area contributed by atoms with E-state index in [1.807, 2.05) is 12.1 Å². The highest BCUT2D eigenvalue weighted by Crippen LogP contribution is 2.33. The average molecular weight is 506 g/mol. The zero-order chi connectivity index (χ0) is 23.9. The second-order valence-electron chi connectivity index (χ2n) is 9.06. The second-order valence-corrected chi connectivity index (χ2v) is 9.90. The molecule has 3 aliphatic heterocycles. The highest BCUT2D eigenvalue weighted by Gasteiger charge is 2.27. The molecule has 1 amide bonds. The number of likely N-dealkylation sites (tertiary alicyclic amines) is 1. The van der Waals surface area contributed by atoms with Crippen LogP contribution >= 0.6 is 23.2 Å². The largest absolute Gasteiger partial charge is 0.486 e. The van der Waals surface area contributed by atoms with Gasteiger partial charge in [-0.3, -0.25) is 4.79 Å². The van der Waals surface area contributed by atoms with Crippen molar-refractivity contribution in [3.05, 3.63) is 52.0 Å². The van der Waals surface area contributed by atoms with Gasteiger partial charge in [-0.15, -0.1) is 0 Å². The van der Waals surface area contributed by atoms with Crippen LogP contribution in [0.15, 0.2) is 36.4 Å². The SMILES string of the molecule is NC(=O)C1CCN(c2ccc(Cl)cc2Cl)C1.c1cc2c(cc1CCCN1CCCC1)OCCO2. The van der Waals surface area contributed by atoms with E-state index < -0.39 is 0 Å². The monoisotopic (exact) mass is 505 g/mol. The van der Waals surface area contributed by atoms with Crippen LogP contribution in [-0.4, -0.2) is 56.7 Å². The van der Waals surface area contributed by atoms with E-state index >= 15 is 0 Å². The van der Waals surface area contributed by atoms with Crippen molar-refractivity contribution in [3.8, 4) is 11.5 Å². The van der Waals surface area contributed by atoms with Crippen molar-refractivity contribution in [3.63, 3.8) is 0 Å². The first-order valence-electron chi connectivity index (χ1n) is 12.1. The molecule has 34 heavy (non-hydrogen) atoms. The Hall–Kier alpha value is -2.15. The number of benzene rings is 2. The summed E-state index contributed by atoms with van der Waals surface area (Å²) in [5.41, 5.74) is 7.55. The van der Waals surface area contributed by atoms with Gasteiger partial charge >= 0.3 is 0 Å². The Kier molecular flexibility index (Phi) is 8.81. The molecule has 6 nitrogen and oxygen atoms in total. The zero-order valence-electron chi connectivity index (χ0n) is 19.5. The van der Waals surface area contributed by atoms with Crippen LogP contribution < -0.4 is 20.1 Å². The summed E-state index contributed by atoms with van der Waals surface area (Å²) in [6.07, 6.45) is 5.91. The third kappa shape index (κ3) is 6.71.